The number of hydrogen-bond acceptors (Lipinski definition) is 5. The Morgan fingerprint density at radius 2 is 1.78 bits per heavy atom. The third-order valence-corrected chi connectivity index (χ3v) is 5.33. The first-order chi connectivity index (χ1) is 12.8. The Balaban J connectivity index is 1.92. The lowest BCUT2D eigenvalue weighted by Crippen LogP contribution is -2.21. The molecule has 0 aromatic heterocycles. The lowest BCUT2D eigenvalue weighted by Gasteiger charge is -2.09. The van der Waals surface area contributed by atoms with E-state index in [1.807, 2.05) is 0 Å². The van der Waals surface area contributed by atoms with E-state index >= 15 is 0 Å². The number of ether oxygens (including phenoxy) is 1. The summed E-state index contributed by atoms with van der Waals surface area (Å²) in [5, 5.41) is 2.60. The van der Waals surface area contributed by atoms with Gasteiger partial charge < -0.3 is 10.1 Å². The molecule has 9 heteroatoms. The molecule has 144 valence electrons. The van der Waals surface area contributed by atoms with Crippen LogP contribution in [0.2, 0.25) is 0 Å². The van der Waals surface area contributed by atoms with Gasteiger partial charge in [-0.2, -0.15) is 0 Å². The maximum absolute atomic E-state index is 12.1. The van der Waals surface area contributed by atoms with E-state index in [0.717, 1.165) is 4.47 Å². The predicted molar refractivity (Wildman–Crippen MR) is 107 cm³/mol. The Kier molecular flexibility index (Phi) is 7.37. The summed E-state index contributed by atoms with van der Waals surface area (Å²) in [7, 11) is -3.46. The van der Waals surface area contributed by atoms with Crippen LogP contribution in [-0.4, -0.2) is 32.7 Å². The largest absolute Gasteiger partial charge is 0.452 e. The summed E-state index contributed by atoms with van der Waals surface area (Å²) in [5.41, 5.74) is 0.979. The highest BCUT2D eigenvalue weighted by Crippen LogP contribution is 2.15. The van der Waals surface area contributed by atoms with E-state index < -0.39 is 28.5 Å². The molecule has 2 rings (SSSR count). The van der Waals surface area contributed by atoms with Crippen LogP contribution in [-0.2, 0) is 19.6 Å². The molecular weight excluding hydrogens is 436 g/mol. The SMILES string of the molecule is CCCS(=O)(=O)Nc1cccc(C(=O)OCC(=O)Nc2ccc(Br)cc2)c1. The molecule has 0 radical (unpaired) electrons. The van der Waals surface area contributed by atoms with Crippen molar-refractivity contribution >= 4 is 49.2 Å². The first-order valence-corrected chi connectivity index (χ1v) is 10.6. The number of carbonyl (C=O) groups excluding carboxylic acids is 2. The predicted octanol–water partition coefficient (Wildman–Crippen LogP) is 3.40. The van der Waals surface area contributed by atoms with Crippen LogP contribution >= 0.6 is 15.9 Å². The van der Waals surface area contributed by atoms with Crippen LogP contribution in [0.4, 0.5) is 11.4 Å². The second-order valence-corrected chi connectivity index (χ2v) is 8.39. The summed E-state index contributed by atoms with van der Waals surface area (Å²) in [6.45, 7) is 1.30. The number of hydrogen-bond donors (Lipinski definition) is 2. The molecule has 0 atom stereocenters. The van der Waals surface area contributed by atoms with Crippen molar-refractivity contribution in [3.63, 3.8) is 0 Å². The van der Waals surface area contributed by atoms with Gasteiger partial charge in [-0.05, 0) is 48.9 Å². The quantitative estimate of drug-likeness (QED) is 0.595. The monoisotopic (exact) mass is 454 g/mol. The third kappa shape index (κ3) is 7.03. The number of carbonyl (C=O) groups is 2. The van der Waals surface area contributed by atoms with E-state index in [4.69, 9.17) is 4.74 Å². The molecule has 2 N–H and O–H groups in total. The molecule has 2 aromatic rings. The number of rotatable bonds is 8. The van der Waals surface area contributed by atoms with Crippen LogP contribution in [0.3, 0.4) is 0 Å². The van der Waals surface area contributed by atoms with Crippen molar-refractivity contribution in [1.29, 1.82) is 0 Å². The zero-order valence-electron chi connectivity index (χ0n) is 14.6. The van der Waals surface area contributed by atoms with Crippen LogP contribution in [0.5, 0.6) is 0 Å². The number of nitrogens with one attached hydrogen (secondary N) is 2. The third-order valence-electron chi connectivity index (χ3n) is 3.31. The molecule has 0 aliphatic rings. The number of anilines is 2. The second-order valence-electron chi connectivity index (χ2n) is 5.63. The Bertz CT molecular complexity index is 914. The standard InChI is InChI=1S/C18H19BrN2O5S/c1-2-10-27(24,25)21-16-5-3-4-13(11-16)18(23)26-12-17(22)20-15-8-6-14(19)7-9-15/h3-9,11,21H,2,10,12H2,1H3,(H,20,22). The highest BCUT2D eigenvalue weighted by molar-refractivity contribution is 9.10. The van der Waals surface area contributed by atoms with E-state index in [9.17, 15) is 18.0 Å². The molecule has 0 aliphatic heterocycles. The molecule has 0 unspecified atom stereocenters. The summed E-state index contributed by atoms with van der Waals surface area (Å²) in [6, 6.07) is 12.9. The highest BCUT2D eigenvalue weighted by Gasteiger charge is 2.13. The molecule has 0 saturated heterocycles. The summed E-state index contributed by atoms with van der Waals surface area (Å²) in [5.74, 6) is -1.22. The van der Waals surface area contributed by atoms with Crippen LogP contribution in [0.25, 0.3) is 0 Å². The molecule has 0 fully saturated rings. The number of esters is 1. The van der Waals surface area contributed by atoms with E-state index in [1.165, 1.54) is 24.3 Å². The van der Waals surface area contributed by atoms with Gasteiger partial charge in [0, 0.05) is 15.8 Å². The van der Waals surface area contributed by atoms with Gasteiger partial charge in [-0.3, -0.25) is 9.52 Å². The topological polar surface area (TPSA) is 102 Å². The first-order valence-electron chi connectivity index (χ1n) is 8.12. The molecule has 1 amide bonds. The Morgan fingerprint density at radius 3 is 2.44 bits per heavy atom. The molecule has 2 aromatic carbocycles. The highest BCUT2D eigenvalue weighted by atomic mass is 79.9. The minimum absolute atomic E-state index is 0.0160. The summed E-state index contributed by atoms with van der Waals surface area (Å²) >= 11 is 3.29. The fourth-order valence-electron chi connectivity index (χ4n) is 2.15. The smallest absolute Gasteiger partial charge is 0.338 e. The van der Waals surface area contributed by atoms with Crippen molar-refractivity contribution in [2.24, 2.45) is 0 Å². The van der Waals surface area contributed by atoms with Crippen molar-refractivity contribution < 1.29 is 22.7 Å². The van der Waals surface area contributed by atoms with Gasteiger partial charge in [0.05, 0.1) is 11.3 Å². The maximum Gasteiger partial charge on any atom is 0.338 e. The Hall–Kier alpha value is -2.39. The molecule has 0 saturated carbocycles. The number of halogens is 1. The van der Waals surface area contributed by atoms with Gasteiger partial charge in [0.1, 0.15) is 0 Å². The Morgan fingerprint density at radius 1 is 1.07 bits per heavy atom. The van der Waals surface area contributed by atoms with Crippen molar-refractivity contribution in [1.82, 2.24) is 0 Å². The van der Waals surface area contributed by atoms with Gasteiger partial charge in [0.25, 0.3) is 5.91 Å². The Labute approximate surface area is 166 Å². The van der Waals surface area contributed by atoms with Gasteiger partial charge in [-0.1, -0.05) is 28.9 Å². The summed E-state index contributed by atoms with van der Waals surface area (Å²) < 4.78 is 31.9. The maximum atomic E-state index is 12.1. The van der Waals surface area contributed by atoms with Crippen LogP contribution in [0.15, 0.2) is 53.0 Å². The lowest BCUT2D eigenvalue weighted by molar-refractivity contribution is -0.119. The molecule has 0 aliphatic carbocycles. The lowest BCUT2D eigenvalue weighted by atomic mass is 10.2. The summed E-state index contributed by atoms with van der Waals surface area (Å²) in [4.78, 5) is 24.0. The fraction of sp³-hybridized carbons (Fsp3) is 0.222. The molecule has 7 nitrogen and oxygen atoms in total. The van der Waals surface area contributed by atoms with Gasteiger partial charge in [0.2, 0.25) is 10.0 Å². The average Bonchev–Trinajstić information content (AvgIpc) is 2.61. The van der Waals surface area contributed by atoms with Crippen LogP contribution < -0.4 is 10.0 Å². The molecule has 27 heavy (non-hydrogen) atoms. The molecule has 0 heterocycles. The normalized spacial score (nSPS) is 10.9. The van der Waals surface area contributed by atoms with Gasteiger partial charge in [-0.15, -0.1) is 0 Å². The van der Waals surface area contributed by atoms with E-state index in [1.54, 1.807) is 31.2 Å². The van der Waals surface area contributed by atoms with Crippen molar-refractivity contribution in [3.05, 3.63) is 58.6 Å². The number of sulfonamides is 1. The zero-order valence-corrected chi connectivity index (χ0v) is 17.0. The molecule has 0 bridgehead atoms. The van der Waals surface area contributed by atoms with Crippen molar-refractivity contribution in [3.8, 4) is 0 Å². The fourth-order valence-corrected chi connectivity index (χ4v) is 3.54. The van der Waals surface area contributed by atoms with Gasteiger partial charge in [-0.25, -0.2) is 13.2 Å². The average molecular weight is 455 g/mol. The van der Waals surface area contributed by atoms with Gasteiger partial charge in [0.15, 0.2) is 6.61 Å². The zero-order chi connectivity index (χ0) is 19.9. The molecule has 0 spiro atoms. The second kappa shape index (κ2) is 9.52. The minimum Gasteiger partial charge on any atom is -0.452 e. The number of amides is 1. The van der Waals surface area contributed by atoms with E-state index in [0.29, 0.717) is 12.1 Å². The van der Waals surface area contributed by atoms with Crippen molar-refractivity contribution in [2.45, 2.75) is 13.3 Å². The van der Waals surface area contributed by atoms with Crippen molar-refractivity contribution in [2.75, 3.05) is 22.4 Å². The van der Waals surface area contributed by atoms with E-state index in [2.05, 4.69) is 26.0 Å². The minimum atomic E-state index is -3.46. The number of benzene rings is 2. The van der Waals surface area contributed by atoms with Gasteiger partial charge >= 0.3 is 5.97 Å². The first kappa shape index (κ1) is 20.9. The molecular formula is C18H19BrN2O5S. The summed E-state index contributed by atoms with van der Waals surface area (Å²) in [6.07, 6.45) is 0.477. The van der Waals surface area contributed by atoms with E-state index in [-0.39, 0.29) is 17.0 Å². The van der Waals surface area contributed by atoms with Crippen LogP contribution in [0, 0.1) is 0 Å². The van der Waals surface area contributed by atoms with Crippen LogP contribution in [0.1, 0.15) is 23.7 Å².